The number of rotatable bonds is 15. The van der Waals surface area contributed by atoms with E-state index in [1.165, 1.54) is 29.3 Å². The summed E-state index contributed by atoms with van der Waals surface area (Å²) in [5, 5.41) is 19.3. The highest BCUT2D eigenvalue weighted by Crippen LogP contribution is 2.41. The van der Waals surface area contributed by atoms with Gasteiger partial charge < -0.3 is 19.7 Å². The number of phenols is 2. The van der Waals surface area contributed by atoms with Crippen LogP contribution in [0.1, 0.15) is 85.8 Å². The molecule has 7 heteroatoms. The molecule has 0 radical (unpaired) electrons. The van der Waals surface area contributed by atoms with E-state index in [9.17, 15) is 24.6 Å². The van der Waals surface area contributed by atoms with Gasteiger partial charge in [-0.05, 0) is 93.5 Å². The number of ether oxygens (including phenoxy) is 2. The average Bonchev–Trinajstić information content (AvgIpc) is 3.10. The Morgan fingerprint density at radius 1 is 0.709 bits per heavy atom. The van der Waals surface area contributed by atoms with E-state index in [0.29, 0.717) is 23.3 Å². The molecular weight excluding hydrogens is 689 g/mol. The normalized spacial score (nSPS) is 17.0. The van der Waals surface area contributed by atoms with E-state index in [1.54, 1.807) is 43.3 Å². The molecule has 1 aliphatic carbocycles. The van der Waals surface area contributed by atoms with Crippen molar-refractivity contribution in [2.45, 2.75) is 80.8 Å². The number of esters is 2. The van der Waals surface area contributed by atoms with Gasteiger partial charge in [0.25, 0.3) is 0 Å². The molecule has 1 unspecified atom stereocenters. The van der Waals surface area contributed by atoms with E-state index >= 15 is 0 Å². The largest absolute Gasteiger partial charge is 0.508 e. The van der Waals surface area contributed by atoms with Crippen molar-refractivity contribution in [2.24, 2.45) is 5.41 Å². The fourth-order valence-electron chi connectivity index (χ4n) is 5.69. The van der Waals surface area contributed by atoms with Gasteiger partial charge in [0.1, 0.15) is 17.2 Å². The van der Waals surface area contributed by atoms with E-state index in [0.717, 1.165) is 22.3 Å². The number of hydrogen-bond acceptors (Lipinski definition) is 7. The van der Waals surface area contributed by atoms with Gasteiger partial charge in [0.05, 0.1) is 12.8 Å². The van der Waals surface area contributed by atoms with Crippen LogP contribution in [0.25, 0.3) is 12.2 Å². The molecule has 2 aromatic rings. The molecule has 1 atom stereocenters. The quantitative estimate of drug-likeness (QED) is 0.0809. The van der Waals surface area contributed by atoms with Crippen LogP contribution in [0.3, 0.4) is 0 Å². The second-order valence-electron chi connectivity index (χ2n) is 14.5. The SMILES string of the molecule is CC(C)=C/C=C/C(C)=C/C=C/C=C(C)/C=C/C=C(C)/C=C/C1=C(C)C(=O)C(OC(=O)CCC(=O)Oc2ccc(/C=C/c3cc(O)cc(O)c3)cc2)CC1(C)C. The van der Waals surface area contributed by atoms with Gasteiger partial charge in [-0.2, -0.15) is 0 Å². The summed E-state index contributed by atoms with van der Waals surface area (Å²) < 4.78 is 11.0. The number of hydrogen-bond donors (Lipinski definition) is 2. The number of aromatic hydroxyl groups is 2. The molecule has 0 aromatic heterocycles. The van der Waals surface area contributed by atoms with Crippen molar-refractivity contribution in [3.05, 3.63) is 160 Å². The van der Waals surface area contributed by atoms with Crippen LogP contribution in [0, 0.1) is 5.41 Å². The van der Waals surface area contributed by atoms with Crippen molar-refractivity contribution in [3.63, 3.8) is 0 Å². The zero-order valence-corrected chi connectivity index (χ0v) is 33.3. The number of ketones is 1. The van der Waals surface area contributed by atoms with Gasteiger partial charge >= 0.3 is 11.9 Å². The summed E-state index contributed by atoms with van der Waals surface area (Å²) in [5.41, 5.74) is 7.00. The first-order valence-electron chi connectivity index (χ1n) is 18.4. The Bertz CT molecular complexity index is 1990. The van der Waals surface area contributed by atoms with Crippen molar-refractivity contribution in [1.29, 1.82) is 0 Å². The number of Topliss-reactive ketones (excluding diaryl/α,β-unsaturated/α-hetero) is 1. The third-order valence-corrected chi connectivity index (χ3v) is 8.65. The third-order valence-electron chi connectivity index (χ3n) is 8.65. The molecule has 0 fully saturated rings. The first-order chi connectivity index (χ1) is 26.0. The highest BCUT2D eigenvalue weighted by molar-refractivity contribution is 6.01. The highest BCUT2D eigenvalue weighted by atomic mass is 16.6. The molecule has 0 aliphatic heterocycles. The summed E-state index contributed by atoms with van der Waals surface area (Å²) in [6.07, 6.45) is 26.9. The molecule has 3 rings (SSSR count). The predicted molar refractivity (Wildman–Crippen MR) is 223 cm³/mol. The van der Waals surface area contributed by atoms with Crippen molar-refractivity contribution in [2.75, 3.05) is 0 Å². The van der Waals surface area contributed by atoms with Crippen LogP contribution in [0.2, 0.25) is 0 Å². The first kappa shape index (κ1) is 43.5. The van der Waals surface area contributed by atoms with E-state index in [2.05, 4.69) is 45.1 Å². The van der Waals surface area contributed by atoms with Crippen LogP contribution in [-0.2, 0) is 19.1 Å². The number of phenolic OH excluding ortho intramolecular Hbond substituents is 2. The molecule has 0 heterocycles. The maximum absolute atomic E-state index is 13.3. The van der Waals surface area contributed by atoms with Gasteiger partial charge in [-0.15, -0.1) is 0 Å². The highest BCUT2D eigenvalue weighted by Gasteiger charge is 2.39. The standard InChI is InChI=1S/C48H54O7/c1-33(2)13-11-16-34(3)14-9-10-15-35(4)17-12-18-36(5)19-26-43-37(6)47(53)44(32-48(43,7)8)55-46(52)28-27-45(51)54-42-24-22-38(23-25-42)20-21-39-29-40(49)31-41(50)30-39/h9-26,29-31,44,49-50H,27-28,32H2,1-8H3/b10-9+,16-11+,17-12+,21-20+,26-19+,34-14+,35-15+,36-18+. The fourth-order valence-corrected chi connectivity index (χ4v) is 5.69. The predicted octanol–water partition coefficient (Wildman–Crippen LogP) is 11.2. The van der Waals surface area contributed by atoms with Crippen molar-refractivity contribution in [3.8, 4) is 17.2 Å². The first-order valence-corrected chi connectivity index (χ1v) is 18.4. The minimum Gasteiger partial charge on any atom is -0.508 e. The molecule has 0 saturated heterocycles. The molecule has 0 saturated carbocycles. The topological polar surface area (TPSA) is 110 Å². The lowest BCUT2D eigenvalue weighted by Gasteiger charge is -2.36. The zero-order chi connectivity index (χ0) is 40.5. The Kier molecular flexibility index (Phi) is 16.6. The maximum atomic E-state index is 13.3. The van der Waals surface area contributed by atoms with Gasteiger partial charge in [0.2, 0.25) is 0 Å². The Hall–Kier alpha value is -5.95. The van der Waals surface area contributed by atoms with E-state index in [-0.39, 0.29) is 30.1 Å². The molecule has 1 aliphatic rings. The Labute approximate surface area is 326 Å². The van der Waals surface area contributed by atoms with Crippen LogP contribution in [-0.4, -0.2) is 34.0 Å². The van der Waals surface area contributed by atoms with Gasteiger partial charge in [-0.25, -0.2) is 0 Å². The van der Waals surface area contributed by atoms with Crippen molar-refractivity contribution in [1.82, 2.24) is 0 Å². The van der Waals surface area contributed by atoms with Gasteiger partial charge in [-0.3, -0.25) is 14.4 Å². The van der Waals surface area contributed by atoms with Crippen LogP contribution in [0.5, 0.6) is 17.2 Å². The maximum Gasteiger partial charge on any atom is 0.311 e. The minimum absolute atomic E-state index is 0.0422. The molecular formula is C48H54O7. The second kappa shape index (κ2) is 21.1. The van der Waals surface area contributed by atoms with Crippen LogP contribution in [0.4, 0.5) is 0 Å². The Balaban J connectivity index is 1.50. The van der Waals surface area contributed by atoms with E-state index < -0.39 is 23.5 Å². The summed E-state index contributed by atoms with van der Waals surface area (Å²) in [5.74, 6) is -1.25. The summed E-state index contributed by atoms with van der Waals surface area (Å²) in [6, 6.07) is 11.0. The fraction of sp³-hybridized carbons (Fsp3) is 0.271. The summed E-state index contributed by atoms with van der Waals surface area (Å²) in [7, 11) is 0. The molecule has 7 nitrogen and oxygen atoms in total. The molecule has 2 N–H and O–H groups in total. The van der Waals surface area contributed by atoms with Crippen LogP contribution < -0.4 is 4.74 Å². The van der Waals surface area contributed by atoms with Crippen molar-refractivity contribution >= 4 is 29.9 Å². The number of carbonyl (C=O) groups excluding carboxylic acids is 3. The number of carbonyl (C=O) groups is 3. The number of allylic oxidation sites excluding steroid dienone is 17. The van der Waals surface area contributed by atoms with Gasteiger partial charge in [-0.1, -0.05) is 133 Å². The van der Waals surface area contributed by atoms with Gasteiger partial charge in [0, 0.05) is 12.5 Å². The van der Waals surface area contributed by atoms with Crippen LogP contribution in [0.15, 0.2) is 149 Å². The van der Waals surface area contributed by atoms with E-state index in [1.807, 2.05) is 76.3 Å². The molecule has 55 heavy (non-hydrogen) atoms. The Morgan fingerprint density at radius 3 is 1.84 bits per heavy atom. The summed E-state index contributed by atoms with van der Waals surface area (Å²) in [4.78, 5) is 38.5. The minimum atomic E-state index is -0.929. The molecule has 2 aromatic carbocycles. The number of benzene rings is 2. The summed E-state index contributed by atoms with van der Waals surface area (Å²) in [6.45, 7) is 16.1. The lowest BCUT2D eigenvalue weighted by molar-refractivity contribution is -0.157. The lowest BCUT2D eigenvalue weighted by Crippen LogP contribution is -2.39. The van der Waals surface area contributed by atoms with E-state index in [4.69, 9.17) is 9.47 Å². The Morgan fingerprint density at radius 2 is 1.24 bits per heavy atom. The van der Waals surface area contributed by atoms with Crippen molar-refractivity contribution < 1.29 is 34.1 Å². The average molecular weight is 743 g/mol. The summed E-state index contributed by atoms with van der Waals surface area (Å²) >= 11 is 0. The molecule has 0 spiro atoms. The smallest absolute Gasteiger partial charge is 0.311 e. The van der Waals surface area contributed by atoms with Crippen LogP contribution >= 0.6 is 0 Å². The monoisotopic (exact) mass is 742 g/mol. The lowest BCUT2D eigenvalue weighted by atomic mass is 9.71. The molecule has 0 amide bonds. The third kappa shape index (κ3) is 15.5. The van der Waals surface area contributed by atoms with Gasteiger partial charge in [0.15, 0.2) is 11.9 Å². The zero-order valence-electron chi connectivity index (χ0n) is 33.3. The second-order valence-corrected chi connectivity index (χ2v) is 14.5. The molecule has 0 bridgehead atoms. The molecule has 288 valence electrons.